The molecule has 5 nitrogen and oxygen atoms in total. The van der Waals surface area contributed by atoms with Crippen molar-refractivity contribution >= 4 is 16.8 Å². The van der Waals surface area contributed by atoms with Crippen LogP contribution in [-0.2, 0) is 4.79 Å². The summed E-state index contributed by atoms with van der Waals surface area (Å²) < 4.78 is 5.93. The maximum atomic E-state index is 12.5. The lowest BCUT2D eigenvalue weighted by Crippen LogP contribution is -2.42. The molecule has 1 saturated heterocycles. The maximum absolute atomic E-state index is 12.5. The molecule has 0 radical (unpaired) electrons. The van der Waals surface area contributed by atoms with Crippen LogP contribution in [0.2, 0.25) is 0 Å². The number of aliphatic hydroxyl groups excluding tert-OH is 1. The van der Waals surface area contributed by atoms with Crippen LogP contribution in [0.4, 0.5) is 0 Å². The van der Waals surface area contributed by atoms with Crippen molar-refractivity contribution in [1.29, 1.82) is 0 Å². The highest BCUT2D eigenvalue weighted by Gasteiger charge is 2.21. The fourth-order valence-corrected chi connectivity index (χ4v) is 3.37. The molecule has 1 N–H and O–H groups in total. The van der Waals surface area contributed by atoms with E-state index in [1.807, 2.05) is 60.7 Å². The van der Waals surface area contributed by atoms with E-state index in [1.54, 1.807) is 4.90 Å². The summed E-state index contributed by atoms with van der Waals surface area (Å²) in [7, 11) is 0. The Hall–Kier alpha value is -2.92. The highest BCUT2D eigenvalue weighted by atomic mass is 16.5. The van der Waals surface area contributed by atoms with Crippen LogP contribution in [0.5, 0.6) is 5.75 Å². The third-order valence-electron chi connectivity index (χ3n) is 4.92. The number of pyridine rings is 1. The Bertz CT molecular complexity index is 935. The number of carbonyl (C=O) groups is 1. The molecular weight excluding hydrogens is 340 g/mol. The zero-order valence-electron chi connectivity index (χ0n) is 15.0. The van der Waals surface area contributed by atoms with Gasteiger partial charge in [0.15, 0.2) is 6.61 Å². The fraction of sp³-hybridized carbons (Fsp3) is 0.273. The largest absolute Gasteiger partial charge is 0.483 e. The quantitative estimate of drug-likeness (QED) is 0.774. The van der Waals surface area contributed by atoms with Gasteiger partial charge in [-0.3, -0.25) is 4.79 Å². The molecule has 0 atom stereocenters. The number of hydrogen-bond donors (Lipinski definition) is 1. The summed E-state index contributed by atoms with van der Waals surface area (Å²) in [4.78, 5) is 19.0. The Morgan fingerprint density at radius 2 is 1.78 bits per heavy atom. The molecule has 0 bridgehead atoms. The number of piperidine rings is 1. The third kappa shape index (κ3) is 3.93. The van der Waals surface area contributed by atoms with Crippen LogP contribution in [0.15, 0.2) is 60.7 Å². The molecule has 3 aromatic rings. The summed E-state index contributed by atoms with van der Waals surface area (Å²) in [6.45, 7) is 1.14. The Balaban J connectivity index is 1.58. The van der Waals surface area contributed by atoms with E-state index in [0.717, 1.165) is 22.2 Å². The molecular formula is C22H22N2O3. The van der Waals surface area contributed by atoms with Gasteiger partial charge in [-0.15, -0.1) is 0 Å². The van der Waals surface area contributed by atoms with Gasteiger partial charge in [0.1, 0.15) is 5.75 Å². The van der Waals surface area contributed by atoms with Gasteiger partial charge in [0.2, 0.25) is 0 Å². The van der Waals surface area contributed by atoms with Crippen molar-refractivity contribution in [3.8, 4) is 17.0 Å². The summed E-state index contributed by atoms with van der Waals surface area (Å²) in [5.74, 6) is 0.605. The molecule has 1 amide bonds. The smallest absolute Gasteiger partial charge is 0.260 e. The maximum Gasteiger partial charge on any atom is 0.260 e. The number of rotatable bonds is 4. The number of nitrogens with zero attached hydrogens (tertiary/aromatic N) is 2. The molecule has 0 spiro atoms. The van der Waals surface area contributed by atoms with Gasteiger partial charge in [-0.05, 0) is 25.0 Å². The predicted octanol–water partition coefficient (Wildman–Crippen LogP) is 3.26. The minimum Gasteiger partial charge on any atom is -0.483 e. The lowest BCUT2D eigenvalue weighted by atomic mass is 10.1. The molecule has 2 aromatic carbocycles. The van der Waals surface area contributed by atoms with Gasteiger partial charge in [0, 0.05) is 30.1 Å². The zero-order valence-corrected chi connectivity index (χ0v) is 15.0. The van der Waals surface area contributed by atoms with E-state index in [0.29, 0.717) is 31.7 Å². The number of benzene rings is 2. The van der Waals surface area contributed by atoms with Crippen LogP contribution < -0.4 is 4.74 Å². The SMILES string of the molecule is O=C(COc1cc(-c2ccccc2)nc2ccccc12)N1CCC(O)CC1. The Morgan fingerprint density at radius 1 is 1.07 bits per heavy atom. The monoisotopic (exact) mass is 362 g/mol. The molecule has 4 rings (SSSR count). The number of amides is 1. The van der Waals surface area contributed by atoms with Crippen LogP contribution in [0.25, 0.3) is 22.2 Å². The minimum atomic E-state index is -0.299. The number of aliphatic hydroxyl groups is 1. The molecule has 2 heterocycles. The van der Waals surface area contributed by atoms with Gasteiger partial charge in [-0.25, -0.2) is 4.98 Å². The van der Waals surface area contributed by atoms with Crippen LogP contribution in [0.3, 0.4) is 0 Å². The van der Waals surface area contributed by atoms with Crippen molar-refractivity contribution in [2.24, 2.45) is 0 Å². The van der Waals surface area contributed by atoms with Gasteiger partial charge in [0.25, 0.3) is 5.91 Å². The van der Waals surface area contributed by atoms with Crippen LogP contribution in [-0.4, -0.2) is 46.7 Å². The third-order valence-corrected chi connectivity index (χ3v) is 4.92. The van der Waals surface area contributed by atoms with E-state index in [-0.39, 0.29) is 18.6 Å². The fourth-order valence-electron chi connectivity index (χ4n) is 3.37. The highest BCUT2D eigenvalue weighted by Crippen LogP contribution is 2.30. The van der Waals surface area contributed by atoms with Crippen LogP contribution >= 0.6 is 0 Å². The zero-order chi connectivity index (χ0) is 18.6. The lowest BCUT2D eigenvalue weighted by molar-refractivity contribution is -0.135. The standard InChI is InChI=1S/C22H22N2O3/c25-17-10-12-24(13-11-17)22(26)15-27-21-14-20(16-6-2-1-3-7-16)23-19-9-5-4-8-18(19)21/h1-9,14,17,25H,10-13,15H2. The van der Waals surface area contributed by atoms with Crippen molar-refractivity contribution in [2.45, 2.75) is 18.9 Å². The molecule has 138 valence electrons. The molecule has 27 heavy (non-hydrogen) atoms. The first kappa shape index (κ1) is 17.5. The highest BCUT2D eigenvalue weighted by molar-refractivity contribution is 5.88. The summed E-state index contributed by atoms with van der Waals surface area (Å²) in [5, 5.41) is 10.5. The van der Waals surface area contributed by atoms with Crippen molar-refractivity contribution in [3.63, 3.8) is 0 Å². The van der Waals surface area contributed by atoms with Crippen LogP contribution in [0, 0.1) is 0 Å². The summed E-state index contributed by atoms with van der Waals surface area (Å²) in [5.41, 5.74) is 2.66. The molecule has 0 unspecified atom stereocenters. The predicted molar refractivity (Wildman–Crippen MR) is 104 cm³/mol. The van der Waals surface area contributed by atoms with Gasteiger partial charge in [-0.1, -0.05) is 42.5 Å². The molecule has 1 fully saturated rings. The van der Waals surface area contributed by atoms with Crippen molar-refractivity contribution < 1.29 is 14.6 Å². The van der Waals surface area contributed by atoms with Crippen molar-refractivity contribution in [2.75, 3.05) is 19.7 Å². The number of fused-ring (bicyclic) bond motifs is 1. The number of likely N-dealkylation sites (tertiary alicyclic amines) is 1. The number of ether oxygens (including phenoxy) is 1. The van der Waals surface area contributed by atoms with Crippen molar-refractivity contribution in [1.82, 2.24) is 9.88 Å². The first-order valence-electron chi connectivity index (χ1n) is 9.24. The van der Waals surface area contributed by atoms with E-state index in [4.69, 9.17) is 9.72 Å². The Morgan fingerprint density at radius 3 is 2.56 bits per heavy atom. The number of carbonyl (C=O) groups excluding carboxylic acids is 1. The second-order valence-electron chi connectivity index (χ2n) is 6.79. The van der Waals surface area contributed by atoms with E-state index in [9.17, 15) is 9.90 Å². The summed E-state index contributed by atoms with van der Waals surface area (Å²) >= 11 is 0. The number of aromatic nitrogens is 1. The second kappa shape index (κ2) is 7.76. The summed E-state index contributed by atoms with van der Waals surface area (Å²) in [6.07, 6.45) is 0.956. The molecule has 0 aliphatic carbocycles. The summed E-state index contributed by atoms with van der Waals surface area (Å²) in [6, 6.07) is 19.6. The second-order valence-corrected chi connectivity index (χ2v) is 6.79. The topological polar surface area (TPSA) is 62.7 Å². The van der Waals surface area contributed by atoms with E-state index < -0.39 is 0 Å². The van der Waals surface area contributed by atoms with E-state index >= 15 is 0 Å². The molecule has 5 heteroatoms. The molecule has 1 aromatic heterocycles. The van der Waals surface area contributed by atoms with E-state index in [2.05, 4.69) is 0 Å². The number of hydrogen-bond acceptors (Lipinski definition) is 4. The van der Waals surface area contributed by atoms with Gasteiger partial charge in [0.05, 0.1) is 17.3 Å². The first-order valence-corrected chi connectivity index (χ1v) is 9.24. The Kier molecular flexibility index (Phi) is 5.03. The van der Waals surface area contributed by atoms with E-state index in [1.165, 1.54) is 0 Å². The minimum absolute atomic E-state index is 0.0155. The molecule has 1 aliphatic heterocycles. The molecule has 1 aliphatic rings. The average Bonchev–Trinajstić information content (AvgIpc) is 2.72. The molecule has 0 saturated carbocycles. The number of para-hydroxylation sites is 1. The van der Waals surface area contributed by atoms with Gasteiger partial charge < -0.3 is 14.7 Å². The van der Waals surface area contributed by atoms with Crippen LogP contribution in [0.1, 0.15) is 12.8 Å². The average molecular weight is 362 g/mol. The van der Waals surface area contributed by atoms with Crippen molar-refractivity contribution in [3.05, 3.63) is 60.7 Å². The Labute approximate surface area is 158 Å². The lowest BCUT2D eigenvalue weighted by Gasteiger charge is -2.29. The normalized spacial score (nSPS) is 15.1. The first-order chi connectivity index (χ1) is 13.2. The van der Waals surface area contributed by atoms with Gasteiger partial charge >= 0.3 is 0 Å². The van der Waals surface area contributed by atoms with Gasteiger partial charge in [-0.2, -0.15) is 0 Å².